The van der Waals surface area contributed by atoms with E-state index in [9.17, 15) is 0 Å². The van der Waals surface area contributed by atoms with Gasteiger partial charge in [-0.25, -0.2) is 0 Å². The Labute approximate surface area is 485 Å². The zero-order chi connectivity index (χ0) is 57.1. The van der Waals surface area contributed by atoms with Gasteiger partial charge in [0.15, 0.2) is 0 Å². The molecule has 0 atom stereocenters. The molecule has 10 aliphatic carbocycles. The molecule has 0 fully saturated rings. The van der Waals surface area contributed by atoms with E-state index in [0.717, 1.165) is 121 Å². The molecule has 11 aromatic rings. The van der Waals surface area contributed by atoms with Gasteiger partial charge >= 0.3 is 0 Å². The van der Waals surface area contributed by atoms with Crippen LogP contribution in [0.4, 0.5) is 0 Å². The lowest BCUT2D eigenvalue weighted by Crippen LogP contribution is -2.05. The van der Waals surface area contributed by atoms with Crippen molar-refractivity contribution >= 4 is 43.1 Å². The first-order valence-corrected chi connectivity index (χ1v) is 27.7. The van der Waals surface area contributed by atoms with Crippen molar-refractivity contribution < 1.29 is 37.9 Å². The van der Waals surface area contributed by atoms with E-state index >= 15 is 0 Å². The first kappa shape index (κ1) is 53.6. The van der Waals surface area contributed by atoms with E-state index in [2.05, 4.69) is 169 Å². The number of fused-ring (bicyclic) bond motifs is 4. The van der Waals surface area contributed by atoms with Crippen LogP contribution in [0.3, 0.4) is 0 Å². The van der Waals surface area contributed by atoms with Gasteiger partial charge in [-0.3, -0.25) is 0 Å². The van der Waals surface area contributed by atoms with E-state index < -0.39 is 0 Å². The highest BCUT2D eigenvalue weighted by Gasteiger charge is 2.23. The number of rotatable bonds is 8. The molecule has 11 aromatic carbocycles. The Morgan fingerprint density at radius 1 is 0.229 bits per heavy atom. The summed E-state index contributed by atoms with van der Waals surface area (Å²) in [6, 6.07) is 59.3. The molecule has 0 saturated carbocycles. The van der Waals surface area contributed by atoms with Crippen molar-refractivity contribution in [3.05, 3.63) is 248 Å². The predicted octanol–water partition coefficient (Wildman–Crippen LogP) is 15.4. The smallest absolute Gasteiger partial charge is 0.122 e. The lowest BCUT2D eigenvalue weighted by Gasteiger charge is -2.20. The van der Waals surface area contributed by atoms with Crippen molar-refractivity contribution in [1.29, 1.82) is 0 Å². The van der Waals surface area contributed by atoms with E-state index in [1.165, 1.54) is 0 Å². The van der Waals surface area contributed by atoms with Crippen molar-refractivity contribution in [3.63, 3.8) is 0 Å². The van der Waals surface area contributed by atoms with Crippen LogP contribution in [0.25, 0.3) is 43.1 Å². The molecule has 83 heavy (non-hydrogen) atoms. The second-order valence-electron chi connectivity index (χ2n) is 20.8. The van der Waals surface area contributed by atoms with Gasteiger partial charge < -0.3 is 37.9 Å². The van der Waals surface area contributed by atoms with E-state index in [-0.39, 0.29) is 0 Å². The maximum Gasteiger partial charge on any atom is 0.122 e. The minimum atomic E-state index is 0.441. The average molecular weight is 1090 g/mol. The molecule has 0 aromatic heterocycles. The second kappa shape index (κ2) is 23.2. The average Bonchev–Trinajstić information content (AvgIpc) is 3.55. The highest BCUT2D eigenvalue weighted by atomic mass is 16.5. The molecule has 8 heteroatoms. The third-order valence-corrected chi connectivity index (χ3v) is 16.2. The van der Waals surface area contributed by atoms with E-state index in [0.29, 0.717) is 78.1 Å². The quantitative estimate of drug-likeness (QED) is 0.110. The SMILES string of the molecule is COc1cc2c(OC)cc1Cc1cc(C#Cc3c4ccccc4cc4ccccc34)c(cc1C#Cc1c3ccccc3cc3ccccc13)Cc1cc(OC)c(cc1OC)Cc1cc(OC)c(cc1OC)Cc1cc(OC)c(cc1OC)C2. The van der Waals surface area contributed by atoms with Crippen LogP contribution in [-0.2, 0) is 32.1 Å². The summed E-state index contributed by atoms with van der Waals surface area (Å²) in [5.74, 6) is 20.7. The summed E-state index contributed by atoms with van der Waals surface area (Å²) < 4.78 is 49.9. The van der Waals surface area contributed by atoms with Crippen molar-refractivity contribution in [2.45, 2.75) is 32.1 Å². The van der Waals surface area contributed by atoms with Crippen LogP contribution < -0.4 is 37.9 Å². The molecule has 0 saturated heterocycles. The molecule has 410 valence electrons. The molecule has 8 nitrogen and oxygen atoms in total. The van der Waals surface area contributed by atoms with Crippen LogP contribution in [0.1, 0.15) is 77.9 Å². The highest BCUT2D eigenvalue weighted by Crippen LogP contribution is 2.42. The molecule has 0 N–H and O–H groups in total. The highest BCUT2D eigenvalue weighted by molar-refractivity contribution is 6.06. The summed E-state index contributed by atoms with van der Waals surface area (Å²) in [6.07, 6.45) is 2.29. The van der Waals surface area contributed by atoms with Gasteiger partial charge in [-0.2, -0.15) is 0 Å². The standard InChI is InChI=1S/C75H62O8/c1-76-68-40-56-35-58-42-74(82-7)60(44-72(58)80-5)37-61-45-73(81-6)59(43-75(61)83-8)36-57-41-69(77-2)55(39-71(57)79-4)34-53-30-46(25-27-66-62-21-13-9-17-48(62)31-49-18-10-14-22-63(49)66)52(33-54(68)38-70(56)78-3)29-47(53)26-28-67-64-23-15-11-19-50(64)32-51-20-12-16-24-65(51)67/h9-24,29-32,38-45H,33-37H2,1-8H3. The van der Waals surface area contributed by atoms with Gasteiger partial charge in [0.1, 0.15) is 46.0 Å². The molecule has 0 radical (unpaired) electrons. The molecular formula is C75H62O8. The van der Waals surface area contributed by atoms with Gasteiger partial charge in [0.2, 0.25) is 0 Å². The minimum absolute atomic E-state index is 0.441. The summed E-state index contributed by atoms with van der Waals surface area (Å²) in [5.41, 5.74) is 12.9. The monoisotopic (exact) mass is 1090 g/mol. The van der Waals surface area contributed by atoms with Crippen molar-refractivity contribution in [3.8, 4) is 69.7 Å². The van der Waals surface area contributed by atoms with Crippen molar-refractivity contribution in [2.24, 2.45) is 0 Å². The molecule has 0 heterocycles. The molecule has 21 rings (SSSR count). The first-order chi connectivity index (χ1) is 40.7. The number of hydrogen-bond acceptors (Lipinski definition) is 8. The molecule has 0 unspecified atom stereocenters. The van der Waals surface area contributed by atoms with Gasteiger partial charge in [0.25, 0.3) is 0 Å². The normalized spacial score (nSPS) is 11.9. The summed E-state index contributed by atoms with van der Waals surface area (Å²) in [4.78, 5) is 0. The Kier molecular flexibility index (Phi) is 15.0. The predicted molar refractivity (Wildman–Crippen MR) is 334 cm³/mol. The summed E-state index contributed by atoms with van der Waals surface area (Å²) in [6.45, 7) is 0. The molecule has 0 amide bonds. The van der Waals surface area contributed by atoms with E-state index in [1.54, 1.807) is 56.9 Å². The van der Waals surface area contributed by atoms with E-state index in [4.69, 9.17) is 37.9 Å². The van der Waals surface area contributed by atoms with Crippen LogP contribution in [0.2, 0.25) is 0 Å². The number of ether oxygens (including phenoxy) is 8. The largest absolute Gasteiger partial charge is 0.496 e. The summed E-state index contributed by atoms with van der Waals surface area (Å²) >= 11 is 0. The molecule has 0 aliphatic heterocycles. The molecule has 10 bridgehead atoms. The van der Waals surface area contributed by atoms with Gasteiger partial charge in [0.05, 0.1) is 56.9 Å². The number of hydrogen-bond donors (Lipinski definition) is 0. The maximum atomic E-state index is 6.35. The Morgan fingerprint density at radius 2 is 0.434 bits per heavy atom. The topological polar surface area (TPSA) is 73.8 Å². The summed E-state index contributed by atoms with van der Waals surface area (Å²) in [5, 5.41) is 8.83. The lowest BCUT2D eigenvalue weighted by atomic mass is 9.89. The third-order valence-electron chi connectivity index (χ3n) is 16.2. The maximum absolute atomic E-state index is 6.35. The molecular weight excluding hydrogens is 1030 g/mol. The first-order valence-electron chi connectivity index (χ1n) is 27.7. The molecule has 10 aliphatic rings. The fourth-order valence-electron chi connectivity index (χ4n) is 12.0. The van der Waals surface area contributed by atoms with Crippen molar-refractivity contribution in [1.82, 2.24) is 0 Å². The van der Waals surface area contributed by atoms with Gasteiger partial charge in [-0.1, -0.05) is 121 Å². The van der Waals surface area contributed by atoms with Crippen LogP contribution in [0.5, 0.6) is 46.0 Å². The zero-order valence-electron chi connectivity index (χ0n) is 48.0. The van der Waals surface area contributed by atoms with Crippen LogP contribution in [0, 0.1) is 23.7 Å². The fourth-order valence-corrected chi connectivity index (χ4v) is 12.0. The number of methoxy groups -OCH3 is 8. The Balaban J connectivity index is 1.14. The second-order valence-corrected chi connectivity index (χ2v) is 20.8. The van der Waals surface area contributed by atoms with Crippen molar-refractivity contribution in [2.75, 3.05) is 56.9 Å². The Hall–Kier alpha value is -10.0. The van der Waals surface area contributed by atoms with E-state index in [1.807, 2.05) is 24.3 Å². The lowest BCUT2D eigenvalue weighted by molar-refractivity contribution is 0.389. The van der Waals surface area contributed by atoms with Crippen LogP contribution in [-0.4, -0.2) is 56.9 Å². The molecule has 0 spiro atoms. The third kappa shape index (κ3) is 10.4. The fraction of sp³-hybridized carbons (Fsp3) is 0.173. The number of benzene rings is 11. The van der Waals surface area contributed by atoms with Gasteiger partial charge in [-0.15, -0.1) is 0 Å². The minimum Gasteiger partial charge on any atom is -0.496 e. The van der Waals surface area contributed by atoms with Crippen LogP contribution >= 0.6 is 0 Å². The zero-order valence-corrected chi connectivity index (χ0v) is 48.0. The van der Waals surface area contributed by atoms with Gasteiger partial charge in [0, 0.05) is 98.9 Å². The van der Waals surface area contributed by atoms with Crippen LogP contribution in [0.15, 0.2) is 170 Å². The summed E-state index contributed by atoms with van der Waals surface area (Å²) in [7, 11) is 13.6. The Bertz CT molecular complexity index is 4100. The Morgan fingerprint density at radius 3 is 0.651 bits per heavy atom. The van der Waals surface area contributed by atoms with Gasteiger partial charge in [-0.05, 0) is 127 Å².